The summed E-state index contributed by atoms with van der Waals surface area (Å²) < 4.78 is 0. The quantitative estimate of drug-likeness (QED) is 0.927. The average molecular weight is 345 g/mol. The molecule has 3 rings (SSSR count). The zero-order valence-electron chi connectivity index (χ0n) is 13.5. The van der Waals surface area contributed by atoms with Crippen LogP contribution in [0.25, 0.3) is 0 Å². The SMILES string of the molecule is O=C(c1ccc(Cl)cc1)N1CCN(Cc2ccc(CO)cc2)CC1. The molecule has 0 atom stereocenters. The number of halogens is 1. The van der Waals surface area contributed by atoms with Crippen molar-refractivity contribution >= 4 is 17.5 Å². The lowest BCUT2D eigenvalue weighted by Gasteiger charge is -2.34. The molecule has 0 aliphatic carbocycles. The summed E-state index contributed by atoms with van der Waals surface area (Å²) in [5, 5.41) is 9.73. The van der Waals surface area contributed by atoms with Crippen LogP contribution in [0.2, 0.25) is 5.02 Å². The highest BCUT2D eigenvalue weighted by Crippen LogP contribution is 2.14. The van der Waals surface area contributed by atoms with Gasteiger partial charge in [-0.3, -0.25) is 9.69 Å². The number of nitrogens with zero attached hydrogens (tertiary/aromatic N) is 2. The van der Waals surface area contributed by atoms with Gasteiger partial charge in [-0.25, -0.2) is 0 Å². The first-order valence-electron chi connectivity index (χ1n) is 8.11. The predicted molar refractivity (Wildman–Crippen MR) is 95.0 cm³/mol. The van der Waals surface area contributed by atoms with Crippen LogP contribution in [-0.2, 0) is 13.2 Å². The summed E-state index contributed by atoms with van der Waals surface area (Å²) in [5.74, 6) is 0.0682. The summed E-state index contributed by atoms with van der Waals surface area (Å²) in [6.45, 7) is 4.13. The smallest absolute Gasteiger partial charge is 0.253 e. The van der Waals surface area contributed by atoms with Gasteiger partial charge in [0.15, 0.2) is 0 Å². The van der Waals surface area contributed by atoms with Crippen molar-refractivity contribution < 1.29 is 9.90 Å². The molecule has 0 aromatic heterocycles. The molecule has 1 fully saturated rings. The van der Waals surface area contributed by atoms with Crippen LogP contribution in [0, 0.1) is 0 Å². The van der Waals surface area contributed by atoms with Crippen molar-refractivity contribution in [1.29, 1.82) is 0 Å². The maximum atomic E-state index is 12.5. The van der Waals surface area contributed by atoms with E-state index >= 15 is 0 Å². The Bertz CT molecular complexity index is 678. The van der Waals surface area contributed by atoms with E-state index in [2.05, 4.69) is 17.0 Å². The molecule has 2 aromatic carbocycles. The molecule has 0 radical (unpaired) electrons. The molecular formula is C19H21ClN2O2. The highest BCUT2D eigenvalue weighted by atomic mass is 35.5. The Balaban J connectivity index is 1.53. The molecule has 0 unspecified atom stereocenters. The zero-order valence-corrected chi connectivity index (χ0v) is 14.2. The fraction of sp³-hybridized carbons (Fsp3) is 0.316. The van der Waals surface area contributed by atoms with Gasteiger partial charge in [0.2, 0.25) is 0 Å². The molecule has 126 valence electrons. The topological polar surface area (TPSA) is 43.8 Å². The molecule has 0 bridgehead atoms. The van der Waals surface area contributed by atoms with Crippen LogP contribution >= 0.6 is 11.6 Å². The highest BCUT2D eigenvalue weighted by Gasteiger charge is 2.22. The Labute approximate surface area is 147 Å². The largest absolute Gasteiger partial charge is 0.392 e. The molecule has 0 spiro atoms. The van der Waals surface area contributed by atoms with Crippen molar-refractivity contribution in [2.75, 3.05) is 26.2 Å². The zero-order chi connectivity index (χ0) is 16.9. The molecule has 0 saturated carbocycles. The van der Waals surface area contributed by atoms with E-state index in [9.17, 15) is 4.79 Å². The summed E-state index contributed by atoms with van der Waals surface area (Å²) in [6.07, 6.45) is 0. The fourth-order valence-electron chi connectivity index (χ4n) is 2.89. The minimum absolute atomic E-state index is 0.0682. The molecule has 1 saturated heterocycles. The lowest BCUT2D eigenvalue weighted by atomic mass is 10.1. The normalized spacial score (nSPS) is 15.5. The Morgan fingerprint density at radius 3 is 2.08 bits per heavy atom. The van der Waals surface area contributed by atoms with Gasteiger partial charge in [-0.1, -0.05) is 35.9 Å². The lowest BCUT2D eigenvalue weighted by Crippen LogP contribution is -2.48. The summed E-state index contributed by atoms with van der Waals surface area (Å²) in [5.41, 5.74) is 2.84. The first kappa shape index (κ1) is 17.0. The first-order chi connectivity index (χ1) is 11.7. The summed E-state index contributed by atoms with van der Waals surface area (Å²) in [7, 11) is 0. The van der Waals surface area contributed by atoms with Gasteiger partial charge in [-0.15, -0.1) is 0 Å². The van der Waals surface area contributed by atoms with Crippen LogP contribution in [0.15, 0.2) is 48.5 Å². The Hall–Kier alpha value is -1.88. The minimum atomic E-state index is 0.0682. The monoisotopic (exact) mass is 344 g/mol. The molecule has 1 heterocycles. The third-order valence-corrected chi connectivity index (χ3v) is 4.61. The summed E-state index contributed by atoms with van der Waals surface area (Å²) >= 11 is 5.87. The maximum absolute atomic E-state index is 12.5. The van der Waals surface area contributed by atoms with E-state index in [-0.39, 0.29) is 12.5 Å². The number of carbonyl (C=O) groups is 1. The Morgan fingerprint density at radius 1 is 0.917 bits per heavy atom. The van der Waals surface area contributed by atoms with Gasteiger partial charge in [-0.05, 0) is 35.4 Å². The van der Waals surface area contributed by atoms with Crippen LogP contribution in [0.3, 0.4) is 0 Å². The van der Waals surface area contributed by atoms with E-state index in [0.29, 0.717) is 10.6 Å². The Morgan fingerprint density at radius 2 is 1.50 bits per heavy atom. The van der Waals surface area contributed by atoms with Crippen molar-refractivity contribution in [3.05, 3.63) is 70.2 Å². The van der Waals surface area contributed by atoms with Crippen LogP contribution < -0.4 is 0 Å². The van der Waals surface area contributed by atoms with E-state index in [1.165, 1.54) is 5.56 Å². The number of hydrogen-bond acceptors (Lipinski definition) is 3. The number of amides is 1. The molecule has 1 amide bonds. The minimum Gasteiger partial charge on any atom is -0.392 e. The standard InChI is InChI=1S/C19H21ClN2O2/c20-18-7-5-17(6-8-18)19(24)22-11-9-21(10-12-22)13-15-1-3-16(14-23)4-2-15/h1-8,23H,9-14H2. The van der Waals surface area contributed by atoms with Crippen LogP contribution in [0.4, 0.5) is 0 Å². The lowest BCUT2D eigenvalue weighted by molar-refractivity contribution is 0.0628. The molecular weight excluding hydrogens is 324 g/mol. The molecule has 2 aromatic rings. The third kappa shape index (κ3) is 4.15. The van der Waals surface area contributed by atoms with Crippen molar-refractivity contribution in [1.82, 2.24) is 9.80 Å². The Kier molecular flexibility index (Phi) is 5.51. The predicted octanol–water partition coefficient (Wildman–Crippen LogP) is 2.79. The van der Waals surface area contributed by atoms with E-state index in [0.717, 1.165) is 38.3 Å². The number of aliphatic hydroxyl groups excluding tert-OH is 1. The van der Waals surface area contributed by atoms with Gasteiger partial charge in [0, 0.05) is 43.3 Å². The van der Waals surface area contributed by atoms with Crippen LogP contribution in [0.1, 0.15) is 21.5 Å². The van der Waals surface area contributed by atoms with Gasteiger partial charge in [0.25, 0.3) is 5.91 Å². The number of carbonyl (C=O) groups excluding carboxylic acids is 1. The van der Waals surface area contributed by atoms with Gasteiger partial charge in [0.05, 0.1) is 6.61 Å². The number of aliphatic hydroxyl groups is 1. The van der Waals surface area contributed by atoms with Gasteiger partial charge in [0.1, 0.15) is 0 Å². The number of hydrogen-bond donors (Lipinski definition) is 1. The molecule has 1 N–H and O–H groups in total. The molecule has 24 heavy (non-hydrogen) atoms. The molecule has 4 nitrogen and oxygen atoms in total. The van der Waals surface area contributed by atoms with Gasteiger partial charge < -0.3 is 10.0 Å². The average Bonchev–Trinajstić information content (AvgIpc) is 2.63. The number of benzene rings is 2. The molecule has 1 aliphatic heterocycles. The second-order valence-electron chi connectivity index (χ2n) is 6.05. The summed E-state index contributed by atoms with van der Waals surface area (Å²) in [4.78, 5) is 16.7. The van der Waals surface area contributed by atoms with Crippen molar-refractivity contribution in [2.45, 2.75) is 13.2 Å². The van der Waals surface area contributed by atoms with Crippen molar-refractivity contribution in [3.8, 4) is 0 Å². The molecule has 5 heteroatoms. The van der Waals surface area contributed by atoms with E-state index < -0.39 is 0 Å². The number of piperazine rings is 1. The van der Waals surface area contributed by atoms with E-state index in [1.54, 1.807) is 24.3 Å². The van der Waals surface area contributed by atoms with E-state index in [4.69, 9.17) is 16.7 Å². The third-order valence-electron chi connectivity index (χ3n) is 4.36. The highest BCUT2D eigenvalue weighted by molar-refractivity contribution is 6.30. The molecule has 1 aliphatic rings. The van der Waals surface area contributed by atoms with Crippen LogP contribution in [0.5, 0.6) is 0 Å². The van der Waals surface area contributed by atoms with Gasteiger partial charge in [-0.2, -0.15) is 0 Å². The van der Waals surface area contributed by atoms with Gasteiger partial charge >= 0.3 is 0 Å². The fourth-order valence-corrected chi connectivity index (χ4v) is 3.02. The maximum Gasteiger partial charge on any atom is 0.253 e. The van der Waals surface area contributed by atoms with E-state index in [1.807, 2.05) is 17.0 Å². The summed E-state index contributed by atoms with van der Waals surface area (Å²) in [6, 6.07) is 15.1. The second-order valence-corrected chi connectivity index (χ2v) is 6.49. The second kappa shape index (κ2) is 7.79. The first-order valence-corrected chi connectivity index (χ1v) is 8.49. The van der Waals surface area contributed by atoms with Crippen LogP contribution in [-0.4, -0.2) is 47.0 Å². The van der Waals surface area contributed by atoms with Crippen molar-refractivity contribution in [2.24, 2.45) is 0 Å². The number of rotatable bonds is 4. The van der Waals surface area contributed by atoms with Crippen molar-refractivity contribution in [3.63, 3.8) is 0 Å².